The van der Waals surface area contributed by atoms with Crippen LogP contribution in [-0.4, -0.2) is 28.8 Å². The maximum atomic E-state index is 12.8. The summed E-state index contributed by atoms with van der Waals surface area (Å²) in [5.74, 6) is 0.135. The van der Waals surface area contributed by atoms with Gasteiger partial charge in [-0.1, -0.05) is 44.2 Å². The molecule has 2 amide bonds. The lowest BCUT2D eigenvalue weighted by Crippen LogP contribution is -2.64. The first-order chi connectivity index (χ1) is 10.1. The van der Waals surface area contributed by atoms with Crippen molar-refractivity contribution in [1.29, 1.82) is 0 Å². The quantitative estimate of drug-likeness (QED) is 0.926. The van der Waals surface area contributed by atoms with Crippen molar-refractivity contribution in [2.75, 3.05) is 0 Å². The standard InChI is InChI=1S/C17H22N2O2/c1-11(2)14-17(21)19(13-9-6-10-13)15(16(20)18-14)12-7-4-3-5-8-12/h3-5,7-8,11,13-15H,6,9-10H2,1-2H3,(H,18,20). The third-order valence-electron chi connectivity index (χ3n) is 4.59. The van der Waals surface area contributed by atoms with E-state index in [9.17, 15) is 9.59 Å². The Morgan fingerprint density at radius 2 is 1.81 bits per heavy atom. The van der Waals surface area contributed by atoms with Crippen molar-refractivity contribution in [2.45, 2.75) is 51.2 Å². The van der Waals surface area contributed by atoms with Gasteiger partial charge >= 0.3 is 0 Å². The molecule has 4 nitrogen and oxygen atoms in total. The molecule has 112 valence electrons. The maximum Gasteiger partial charge on any atom is 0.248 e. The Labute approximate surface area is 125 Å². The number of piperazine rings is 1. The van der Waals surface area contributed by atoms with Gasteiger partial charge in [0.05, 0.1) is 0 Å². The number of amides is 2. The van der Waals surface area contributed by atoms with Crippen LogP contribution in [0.3, 0.4) is 0 Å². The second-order valence-corrected chi connectivity index (χ2v) is 6.37. The van der Waals surface area contributed by atoms with Crippen LogP contribution >= 0.6 is 0 Å². The molecule has 1 aromatic carbocycles. The Hall–Kier alpha value is -1.84. The predicted molar refractivity (Wildman–Crippen MR) is 80.4 cm³/mol. The largest absolute Gasteiger partial charge is 0.342 e. The summed E-state index contributed by atoms with van der Waals surface area (Å²) >= 11 is 0. The number of nitrogens with one attached hydrogen (secondary N) is 1. The average Bonchev–Trinajstić information content (AvgIpc) is 2.41. The first-order valence-corrected chi connectivity index (χ1v) is 7.77. The van der Waals surface area contributed by atoms with Crippen LogP contribution in [0.4, 0.5) is 0 Å². The number of benzene rings is 1. The summed E-state index contributed by atoms with van der Waals surface area (Å²) < 4.78 is 0. The molecule has 4 heteroatoms. The second kappa shape index (κ2) is 5.51. The number of hydrogen-bond donors (Lipinski definition) is 1. The molecule has 2 aliphatic rings. The Balaban J connectivity index is 1.97. The molecule has 2 unspecified atom stereocenters. The molecule has 1 aliphatic carbocycles. The second-order valence-electron chi connectivity index (χ2n) is 6.37. The van der Waals surface area contributed by atoms with Crippen molar-refractivity contribution in [3.63, 3.8) is 0 Å². The minimum atomic E-state index is -0.473. The van der Waals surface area contributed by atoms with E-state index >= 15 is 0 Å². The Bertz CT molecular complexity index is 537. The van der Waals surface area contributed by atoms with Gasteiger partial charge in [0.15, 0.2) is 0 Å². The molecule has 1 saturated carbocycles. The van der Waals surface area contributed by atoms with Crippen molar-refractivity contribution in [3.8, 4) is 0 Å². The zero-order chi connectivity index (χ0) is 15.0. The summed E-state index contributed by atoms with van der Waals surface area (Å²) in [6, 6.07) is 8.97. The van der Waals surface area contributed by atoms with Gasteiger partial charge in [0.2, 0.25) is 11.8 Å². The van der Waals surface area contributed by atoms with Crippen molar-refractivity contribution in [2.24, 2.45) is 5.92 Å². The molecular formula is C17H22N2O2. The third kappa shape index (κ3) is 2.43. The first-order valence-electron chi connectivity index (χ1n) is 7.77. The van der Waals surface area contributed by atoms with E-state index in [0.29, 0.717) is 0 Å². The lowest BCUT2D eigenvalue weighted by atomic mass is 9.85. The summed E-state index contributed by atoms with van der Waals surface area (Å²) in [7, 11) is 0. The van der Waals surface area contributed by atoms with Crippen LogP contribution in [0.1, 0.15) is 44.7 Å². The highest BCUT2D eigenvalue weighted by Gasteiger charge is 2.46. The molecule has 0 spiro atoms. The zero-order valence-electron chi connectivity index (χ0n) is 12.6. The fourth-order valence-corrected chi connectivity index (χ4v) is 3.16. The van der Waals surface area contributed by atoms with Crippen LogP contribution in [-0.2, 0) is 9.59 Å². The highest BCUT2D eigenvalue weighted by Crippen LogP contribution is 2.36. The van der Waals surface area contributed by atoms with Crippen LogP contribution in [0.2, 0.25) is 0 Å². The van der Waals surface area contributed by atoms with Gasteiger partial charge in [-0.3, -0.25) is 9.59 Å². The maximum absolute atomic E-state index is 12.8. The van der Waals surface area contributed by atoms with Gasteiger partial charge in [0.1, 0.15) is 12.1 Å². The minimum Gasteiger partial charge on any atom is -0.342 e. The molecule has 1 aromatic rings. The fraction of sp³-hybridized carbons (Fsp3) is 0.529. The molecule has 0 aromatic heterocycles. The van der Waals surface area contributed by atoms with Gasteiger partial charge < -0.3 is 10.2 Å². The van der Waals surface area contributed by atoms with E-state index in [4.69, 9.17) is 0 Å². The summed E-state index contributed by atoms with van der Waals surface area (Å²) in [5, 5.41) is 2.92. The molecule has 1 saturated heterocycles. The first kappa shape index (κ1) is 14.1. The molecule has 1 heterocycles. The van der Waals surface area contributed by atoms with E-state index in [2.05, 4.69) is 5.32 Å². The molecule has 0 radical (unpaired) electrons. The van der Waals surface area contributed by atoms with E-state index in [1.54, 1.807) is 0 Å². The normalized spacial score (nSPS) is 26.7. The molecule has 2 fully saturated rings. The average molecular weight is 286 g/mol. The molecule has 0 bridgehead atoms. The van der Waals surface area contributed by atoms with Gasteiger partial charge in [-0.15, -0.1) is 0 Å². The molecule has 1 N–H and O–H groups in total. The van der Waals surface area contributed by atoms with Crippen molar-refractivity contribution in [1.82, 2.24) is 10.2 Å². The Kier molecular flexibility index (Phi) is 3.70. The van der Waals surface area contributed by atoms with Crippen molar-refractivity contribution < 1.29 is 9.59 Å². The van der Waals surface area contributed by atoms with Crippen molar-refractivity contribution in [3.05, 3.63) is 35.9 Å². The van der Waals surface area contributed by atoms with E-state index in [1.807, 2.05) is 49.1 Å². The Morgan fingerprint density at radius 3 is 2.33 bits per heavy atom. The number of rotatable bonds is 3. The summed E-state index contributed by atoms with van der Waals surface area (Å²) in [4.78, 5) is 27.3. The smallest absolute Gasteiger partial charge is 0.248 e. The van der Waals surface area contributed by atoms with Crippen LogP contribution in [0.5, 0.6) is 0 Å². The van der Waals surface area contributed by atoms with Crippen molar-refractivity contribution >= 4 is 11.8 Å². The zero-order valence-corrected chi connectivity index (χ0v) is 12.6. The van der Waals surface area contributed by atoms with Crippen LogP contribution in [0.15, 0.2) is 30.3 Å². The summed E-state index contributed by atoms with van der Waals surface area (Å²) in [5.41, 5.74) is 0.900. The predicted octanol–water partition coefficient (Wildman–Crippen LogP) is 2.26. The summed E-state index contributed by atoms with van der Waals surface area (Å²) in [6.07, 6.45) is 3.16. The molecule has 2 atom stereocenters. The highest BCUT2D eigenvalue weighted by atomic mass is 16.2. The Morgan fingerprint density at radius 1 is 1.14 bits per heavy atom. The van der Waals surface area contributed by atoms with Gasteiger partial charge in [0.25, 0.3) is 0 Å². The van der Waals surface area contributed by atoms with E-state index in [-0.39, 0.29) is 23.8 Å². The topological polar surface area (TPSA) is 49.4 Å². The number of hydrogen-bond acceptors (Lipinski definition) is 2. The van der Waals surface area contributed by atoms with E-state index in [1.165, 1.54) is 0 Å². The molecule has 1 aliphatic heterocycles. The monoisotopic (exact) mass is 286 g/mol. The SMILES string of the molecule is CC(C)C1NC(=O)C(c2ccccc2)N(C2CCC2)C1=O. The number of nitrogens with zero attached hydrogens (tertiary/aromatic N) is 1. The highest BCUT2D eigenvalue weighted by molar-refractivity contribution is 5.98. The van der Waals surface area contributed by atoms with E-state index < -0.39 is 12.1 Å². The molecular weight excluding hydrogens is 264 g/mol. The van der Waals surface area contributed by atoms with Crippen LogP contribution in [0, 0.1) is 5.92 Å². The third-order valence-corrected chi connectivity index (χ3v) is 4.59. The fourth-order valence-electron chi connectivity index (χ4n) is 3.16. The lowest BCUT2D eigenvalue weighted by Gasteiger charge is -2.47. The van der Waals surface area contributed by atoms with Crippen LogP contribution in [0.25, 0.3) is 0 Å². The lowest BCUT2D eigenvalue weighted by molar-refractivity contribution is -0.156. The van der Waals surface area contributed by atoms with Crippen LogP contribution < -0.4 is 5.32 Å². The van der Waals surface area contributed by atoms with Gasteiger partial charge in [0, 0.05) is 6.04 Å². The van der Waals surface area contributed by atoms with Gasteiger partial charge in [-0.25, -0.2) is 0 Å². The molecule has 21 heavy (non-hydrogen) atoms. The minimum absolute atomic E-state index is 0.0496. The van der Waals surface area contributed by atoms with Gasteiger partial charge in [-0.2, -0.15) is 0 Å². The van der Waals surface area contributed by atoms with E-state index in [0.717, 1.165) is 24.8 Å². The van der Waals surface area contributed by atoms with Gasteiger partial charge in [-0.05, 0) is 30.7 Å². The summed E-state index contributed by atoms with van der Waals surface area (Å²) in [6.45, 7) is 3.95. The molecule has 3 rings (SSSR count). The number of carbonyl (C=O) groups excluding carboxylic acids is 2. The number of carbonyl (C=O) groups is 2.